The number of piperidine rings is 1. The number of amides is 2. The summed E-state index contributed by atoms with van der Waals surface area (Å²) in [4.78, 5) is 55.9. The van der Waals surface area contributed by atoms with Gasteiger partial charge in [0.1, 0.15) is 12.2 Å². The molecular formula is C21H25N7O4. The molecule has 1 atom stereocenters. The largest absolute Gasteiger partial charge is 0.357 e. The van der Waals surface area contributed by atoms with Crippen molar-refractivity contribution < 1.29 is 9.59 Å². The molecule has 1 aliphatic heterocycles. The van der Waals surface area contributed by atoms with Gasteiger partial charge in [-0.05, 0) is 44.7 Å². The van der Waals surface area contributed by atoms with Gasteiger partial charge in [0.15, 0.2) is 5.82 Å². The third-order valence-electron chi connectivity index (χ3n) is 5.70. The molecule has 0 saturated carbocycles. The number of H-pyrrole nitrogens is 3. The van der Waals surface area contributed by atoms with Crippen molar-refractivity contribution in [1.29, 1.82) is 0 Å². The Labute approximate surface area is 182 Å². The van der Waals surface area contributed by atoms with Crippen LogP contribution < -0.4 is 16.6 Å². The molecule has 1 saturated heterocycles. The molecule has 0 spiro atoms. The summed E-state index contributed by atoms with van der Waals surface area (Å²) < 4.78 is 1.21. The highest BCUT2D eigenvalue weighted by molar-refractivity contribution is 6.03. The zero-order chi connectivity index (χ0) is 22.8. The summed E-state index contributed by atoms with van der Waals surface area (Å²) in [7, 11) is 0. The molecule has 2 amide bonds. The highest BCUT2D eigenvalue weighted by Gasteiger charge is 2.30. The van der Waals surface area contributed by atoms with Gasteiger partial charge in [0, 0.05) is 30.6 Å². The zero-order valence-corrected chi connectivity index (χ0v) is 17.9. The first-order chi connectivity index (χ1) is 15.3. The Morgan fingerprint density at radius 1 is 1.22 bits per heavy atom. The number of rotatable bonds is 5. The van der Waals surface area contributed by atoms with Crippen molar-refractivity contribution in [3.63, 3.8) is 0 Å². The van der Waals surface area contributed by atoms with E-state index in [1.165, 1.54) is 10.8 Å². The van der Waals surface area contributed by atoms with E-state index in [1.807, 2.05) is 13.0 Å². The Morgan fingerprint density at radius 2 is 2.03 bits per heavy atom. The molecule has 1 unspecified atom stereocenters. The third-order valence-corrected chi connectivity index (χ3v) is 5.70. The highest BCUT2D eigenvalue weighted by atomic mass is 16.2. The number of aromatic amines is 3. The summed E-state index contributed by atoms with van der Waals surface area (Å²) >= 11 is 0. The molecule has 0 radical (unpaired) electrons. The van der Waals surface area contributed by atoms with Gasteiger partial charge < -0.3 is 15.2 Å². The fourth-order valence-electron chi connectivity index (χ4n) is 3.97. The van der Waals surface area contributed by atoms with Gasteiger partial charge in [-0.1, -0.05) is 0 Å². The second kappa shape index (κ2) is 8.69. The average Bonchev–Trinajstić information content (AvgIpc) is 3.41. The second-order valence-corrected chi connectivity index (χ2v) is 8.00. The van der Waals surface area contributed by atoms with Crippen LogP contribution in [0.25, 0.3) is 0 Å². The molecule has 1 fully saturated rings. The van der Waals surface area contributed by atoms with Crippen molar-refractivity contribution in [2.45, 2.75) is 45.7 Å². The van der Waals surface area contributed by atoms with E-state index >= 15 is 0 Å². The van der Waals surface area contributed by atoms with E-state index in [0.717, 1.165) is 24.8 Å². The number of hydrogen-bond acceptors (Lipinski definition) is 5. The first-order valence-corrected chi connectivity index (χ1v) is 10.4. The number of hydrogen-bond donors (Lipinski definition) is 4. The van der Waals surface area contributed by atoms with Crippen LogP contribution >= 0.6 is 0 Å². The SMILES string of the molecule is Cc1cc[nH]c1C(=O)Nc1cc(C2CCCCN2C(=O)Cn2cc(C)c(=O)[nH]c2=O)[nH]n1. The van der Waals surface area contributed by atoms with Crippen molar-refractivity contribution in [2.75, 3.05) is 11.9 Å². The molecule has 11 heteroatoms. The van der Waals surface area contributed by atoms with Gasteiger partial charge in [-0.3, -0.25) is 29.0 Å². The Balaban J connectivity index is 1.50. The van der Waals surface area contributed by atoms with E-state index in [-0.39, 0.29) is 24.4 Å². The number of anilines is 1. The number of nitrogens with zero attached hydrogens (tertiary/aromatic N) is 3. The van der Waals surface area contributed by atoms with Crippen molar-refractivity contribution >= 4 is 17.6 Å². The molecule has 0 aliphatic carbocycles. The zero-order valence-electron chi connectivity index (χ0n) is 17.9. The molecule has 4 rings (SSSR count). The quantitative estimate of drug-likeness (QED) is 0.471. The van der Waals surface area contributed by atoms with Crippen LogP contribution in [0.4, 0.5) is 5.82 Å². The van der Waals surface area contributed by atoms with E-state index < -0.39 is 11.2 Å². The summed E-state index contributed by atoms with van der Waals surface area (Å²) in [6, 6.07) is 3.29. The first kappa shape index (κ1) is 21.3. The summed E-state index contributed by atoms with van der Waals surface area (Å²) in [6.45, 7) is 3.79. The Kier molecular flexibility index (Phi) is 5.80. The van der Waals surface area contributed by atoms with E-state index in [0.29, 0.717) is 29.3 Å². The van der Waals surface area contributed by atoms with Gasteiger partial charge in [-0.15, -0.1) is 0 Å². The Bertz CT molecular complexity index is 1270. The fraction of sp³-hybridized carbons (Fsp3) is 0.381. The Hall–Kier alpha value is -3.89. The molecule has 4 N–H and O–H groups in total. The maximum absolute atomic E-state index is 13.0. The number of aryl methyl sites for hydroxylation is 2. The highest BCUT2D eigenvalue weighted by Crippen LogP contribution is 2.31. The van der Waals surface area contributed by atoms with Gasteiger partial charge in [0.2, 0.25) is 5.91 Å². The normalized spacial score (nSPS) is 16.2. The lowest BCUT2D eigenvalue weighted by Gasteiger charge is -2.35. The van der Waals surface area contributed by atoms with E-state index in [9.17, 15) is 19.2 Å². The predicted molar refractivity (Wildman–Crippen MR) is 116 cm³/mol. The van der Waals surface area contributed by atoms with Gasteiger partial charge in [0.25, 0.3) is 11.5 Å². The van der Waals surface area contributed by atoms with Crippen LogP contribution in [0.3, 0.4) is 0 Å². The molecule has 11 nitrogen and oxygen atoms in total. The second-order valence-electron chi connectivity index (χ2n) is 8.00. The van der Waals surface area contributed by atoms with Crippen molar-refractivity contribution in [1.82, 2.24) is 29.6 Å². The minimum atomic E-state index is -0.617. The maximum Gasteiger partial charge on any atom is 0.328 e. The lowest BCUT2D eigenvalue weighted by atomic mass is 9.99. The fourth-order valence-corrected chi connectivity index (χ4v) is 3.97. The smallest absolute Gasteiger partial charge is 0.328 e. The van der Waals surface area contributed by atoms with E-state index in [4.69, 9.17) is 0 Å². The monoisotopic (exact) mass is 439 g/mol. The summed E-state index contributed by atoms with van der Waals surface area (Å²) in [6.07, 6.45) is 5.61. The number of nitrogens with one attached hydrogen (secondary N) is 4. The van der Waals surface area contributed by atoms with Crippen molar-refractivity contribution in [3.05, 3.63) is 67.9 Å². The van der Waals surface area contributed by atoms with Crippen LogP contribution in [0.15, 0.2) is 34.1 Å². The summed E-state index contributed by atoms with van der Waals surface area (Å²) in [5.41, 5.74) is 1.28. The van der Waals surface area contributed by atoms with E-state index in [2.05, 4.69) is 25.5 Å². The molecule has 3 aromatic rings. The van der Waals surface area contributed by atoms with E-state index in [1.54, 1.807) is 24.1 Å². The van der Waals surface area contributed by atoms with Crippen molar-refractivity contribution in [2.24, 2.45) is 0 Å². The number of aromatic nitrogens is 5. The van der Waals surface area contributed by atoms with Gasteiger partial charge in [-0.25, -0.2) is 4.79 Å². The van der Waals surface area contributed by atoms with Crippen LogP contribution in [0.2, 0.25) is 0 Å². The lowest BCUT2D eigenvalue weighted by Crippen LogP contribution is -2.42. The minimum Gasteiger partial charge on any atom is -0.357 e. The van der Waals surface area contributed by atoms with Crippen LogP contribution in [-0.4, -0.2) is 48.0 Å². The van der Waals surface area contributed by atoms with Crippen LogP contribution in [0.1, 0.15) is 52.6 Å². The van der Waals surface area contributed by atoms with Gasteiger partial charge >= 0.3 is 5.69 Å². The standard InChI is InChI=1S/C21H25N7O4/c1-12-6-7-22-18(12)20(31)23-16-9-14(25-26-16)15-5-3-4-8-28(15)17(29)11-27-10-13(2)19(30)24-21(27)32/h6-7,9-10,15,22H,3-5,8,11H2,1-2H3,(H,24,30,32)(H2,23,25,26,31). The predicted octanol–water partition coefficient (Wildman–Crippen LogP) is 1.21. The molecule has 1 aliphatic rings. The molecule has 32 heavy (non-hydrogen) atoms. The number of carbonyl (C=O) groups excluding carboxylic acids is 2. The average molecular weight is 439 g/mol. The summed E-state index contributed by atoms with van der Waals surface area (Å²) in [5.74, 6) is -0.162. The topological polar surface area (TPSA) is 149 Å². The van der Waals surface area contributed by atoms with Crippen LogP contribution in [0, 0.1) is 13.8 Å². The van der Waals surface area contributed by atoms with Crippen LogP contribution in [-0.2, 0) is 11.3 Å². The lowest BCUT2D eigenvalue weighted by molar-refractivity contribution is -0.135. The maximum atomic E-state index is 13.0. The molecular weight excluding hydrogens is 414 g/mol. The van der Waals surface area contributed by atoms with Gasteiger partial charge in [-0.2, -0.15) is 5.10 Å². The Morgan fingerprint density at radius 3 is 2.78 bits per heavy atom. The molecule has 0 aromatic carbocycles. The molecule has 4 heterocycles. The molecule has 0 bridgehead atoms. The molecule has 168 valence electrons. The van der Waals surface area contributed by atoms with Crippen molar-refractivity contribution in [3.8, 4) is 0 Å². The number of carbonyl (C=O) groups is 2. The first-order valence-electron chi connectivity index (χ1n) is 10.4. The van der Waals surface area contributed by atoms with Gasteiger partial charge in [0.05, 0.1) is 11.7 Å². The third kappa shape index (κ3) is 4.27. The molecule has 3 aromatic heterocycles. The summed E-state index contributed by atoms with van der Waals surface area (Å²) in [5, 5.41) is 9.87. The van der Waals surface area contributed by atoms with Crippen LogP contribution in [0.5, 0.6) is 0 Å². The minimum absolute atomic E-state index is 0.170. The number of likely N-dealkylation sites (tertiary alicyclic amines) is 1.